The zero-order valence-corrected chi connectivity index (χ0v) is 9.67. The first-order valence-corrected chi connectivity index (χ1v) is 5.17. The quantitative estimate of drug-likeness (QED) is 0.739. The molecule has 0 aromatic heterocycles. The molecule has 1 aromatic rings. The number of hydrogen-bond donors (Lipinski definition) is 3. The van der Waals surface area contributed by atoms with Gasteiger partial charge in [0.05, 0.1) is 5.60 Å². The number of phenolic OH excluding ortho intramolecular Hbond substituents is 1. The van der Waals surface area contributed by atoms with Crippen LogP contribution in [0.4, 0.5) is 0 Å². The molecule has 0 unspecified atom stereocenters. The van der Waals surface area contributed by atoms with E-state index in [0.29, 0.717) is 23.7 Å². The molecule has 0 atom stereocenters. The number of benzene rings is 1. The lowest BCUT2D eigenvalue weighted by atomic mass is 10.1. The van der Waals surface area contributed by atoms with Gasteiger partial charge >= 0.3 is 0 Å². The molecule has 0 aliphatic heterocycles. The van der Waals surface area contributed by atoms with Gasteiger partial charge in [-0.15, -0.1) is 0 Å². The first-order valence-electron chi connectivity index (χ1n) is 4.79. The minimum atomic E-state index is -0.767. The summed E-state index contributed by atoms with van der Waals surface area (Å²) < 4.78 is 0. The summed E-state index contributed by atoms with van der Waals surface area (Å²) in [4.78, 5) is 0. The second kappa shape index (κ2) is 4.84. The van der Waals surface area contributed by atoms with Crippen molar-refractivity contribution in [1.82, 2.24) is 5.32 Å². The molecule has 3 N–H and O–H groups in total. The van der Waals surface area contributed by atoms with Crippen molar-refractivity contribution in [1.29, 1.82) is 0 Å². The number of nitrogens with one attached hydrogen (secondary N) is 1. The summed E-state index contributed by atoms with van der Waals surface area (Å²) in [6.07, 6.45) is 0. The SMILES string of the molecule is CC(C)(O)CNCc1c(O)cccc1Cl. The Bertz CT molecular complexity index is 314. The maximum absolute atomic E-state index is 9.53. The fraction of sp³-hybridized carbons (Fsp3) is 0.455. The van der Waals surface area contributed by atoms with Crippen molar-refractivity contribution < 1.29 is 10.2 Å². The van der Waals surface area contributed by atoms with Crippen LogP contribution >= 0.6 is 11.6 Å². The summed E-state index contributed by atoms with van der Waals surface area (Å²) in [5.74, 6) is 0.172. The molecule has 4 heteroatoms. The fourth-order valence-electron chi connectivity index (χ4n) is 1.22. The molecule has 0 fully saturated rings. The molecule has 0 saturated heterocycles. The molecule has 15 heavy (non-hydrogen) atoms. The molecule has 0 bridgehead atoms. The number of aliphatic hydroxyl groups is 1. The third kappa shape index (κ3) is 4.08. The number of halogens is 1. The van der Waals surface area contributed by atoms with Gasteiger partial charge in [0.15, 0.2) is 0 Å². The summed E-state index contributed by atoms with van der Waals surface area (Å²) in [7, 11) is 0. The van der Waals surface area contributed by atoms with Gasteiger partial charge in [0.2, 0.25) is 0 Å². The minimum absolute atomic E-state index is 0.172. The highest BCUT2D eigenvalue weighted by molar-refractivity contribution is 6.31. The summed E-state index contributed by atoms with van der Waals surface area (Å²) >= 11 is 5.92. The number of phenols is 1. The number of aromatic hydroxyl groups is 1. The molecular formula is C11H16ClNO2. The van der Waals surface area contributed by atoms with Crippen LogP contribution in [0.25, 0.3) is 0 Å². The van der Waals surface area contributed by atoms with Crippen molar-refractivity contribution in [3.05, 3.63) is 28.8 Å². The Kier molecular flexibility index (Phi) is 3.97. The maximum atomic E-state index is 9.53. The molecule has 0 spiro atoms. The summed E-state index contributed by atoms with van der Waals surface area (Å²) in [5.41, 5.74) is -0.111. The maximum Gasteiger partial charge on any atom is 0.121 e. The molecular weight excluding hydrogens is 214 g/mol. The second-order valence-corrected chi connectivity index (χ2v) is 4.56. The molecule has 0 saturated carbocycles. The highest BCUT2D eigenvalue weighted by Gasteiger charge is 2.12. The summed E-state index contributed by atoms with van der Waals surface area (Å²) in [5, 5.41) is 22.6. The van der Waals surface area contributed by atoms with Gasteiger partial charge < -0.3 is 15.5 Å². The van der Waals surface area contributed by atoms with Crippen LogP contribution in [0, 0.1) is 0 Å². The van der Waals surface area contributed by atoms with Crippen LogP contribution in [0.3, 0.4) is 0 Å². The molecule has 1 aromatic carbocycles. The Morgan fingerprint density at radius 3 is 2.60 bits per heavy atom. The first-order chi connectivity index (χ1) is 6.90. The fourth-order valence-corrected chi connectivity index (χ4v) is 1.45. The molecule has 0 radical (unpaired) electrons. The van der Waals surface area contributed by atoms with E-state index < -0.39 is 5.60 Å². The van der Waals surface area contributed by atoms with Gasteiger partial charge in [-0.1, -0.05) is 17.7 Å². The lowest BCUT2D eigenvalue weighted by Gasteiger charge is -2.18. The van der Waals surface area contributed by atoms with Crippen LogP contribution in [-0.4, -0.2) is 22.4 Å². The third-order valence-electron chi connectivity index (χ3n) is 1.95. The Balaban J connectivity index is 2.58. The number of rotatable bonds is 4. The van der Waals surface area contributed by atoms with Crippen LogP contribution in [-0.2, 0) is 6.54 Å². The van der Waals surface area contributed by atoms with Crippen LogP contribution in [0.15, 0.2) is 18.2 Å². The molecule has 84 valence electrons. The van der Waals surface area contributed by atoms with E-state index in [1.807, 2.05) is 0 Å². The van der Waals surface area contributed by atoms with Gasteiger partial charge in [-0.2, -0.15) is 0 Å². The average molecular weight is 230 g/mol. The Hall–Kier alpha value is -0.770. The molecule has 0 heterocycles. The summed E-state index contributed by atoms with van der Waals surface area (Å²) in [6.45, 7) is 4.31. The van der Waals surface area contributed by atoms with Gasteiger partial charge in [0.1, 0.15) is 5.75 Å². The van der Waals surface area contributed by atoms with Crippen molar-refractivity contribution in [3.8, 4) is 5.75 Å². The third-order valence-corrected chi connectivity index (χ3v) is 2.31. The van der Waals surface area contributed by atoms with Gasteiger partial charge in [0.25, 0.3) is 0 Å². The topological polar surface area (TPSA) is 52.5 Å². The lowest BCUT2D eigenvalue weighted by Crippen LogP contribution is -2.34. The first kappa shape index (κ1) is 12.3. The largest absolute Gasteiger partial charge is 0.508 e. The smallest absolute Gasteiger partial charge is 0.121 e. The number of hydrogen-bond acceptors (Lipinski definition) is 3. The minimum Gasteiger partial charge on any atom is -0.508 e. The van der Waals surface area contributed by atoms with E-state index in [9.17, 15) is 10.2 Å². The predicted molar refractivity (Wildman–Crippen MR) is 61.1 cm³/mol. The van der Waals surface area contributed by atoms with E-state index in [-0.39, 0.29) is 5.75 Å². The Morgan fingerprint density at radius 1 is 1.40 bits per heavy atom. The molecule has 0 amide bonds. The summed E-state index contributed by atoms with van der Waals surface area (Å²) in [6, 6.07) is 5.01. The van der Waals surface area contributed by atoms with E-state index >= 15 is 0 Å². The van der Waals surface area contributed by atoms with Gasteiger partial charge in [-0.25, -0.2) is 0 Å². The van der Waals surface area contributed by atoms with Crippen molar-refractivity contribution >= 4 is 11.6 Å². The molecule has 0 aliphatic rings. The standard InChI is InChI=1S/C11H16ClNO2/c1-11(2,15)7-13-6-8-9(12)4-3-5-10(8)14/h3-5,13-15H,6-7H2,1-2H3. The predicted octanol–water partition coefficient (Wildman–Crippen LogP) is 1.91. The van der Waals surface area contributed by atoms with E-state index in [4.69, 9.17) is 11.6 Å². The zero-order chi connectivity index (χ0) is 11.5. The van der Waals surface area contributed by atoms with Crippen molar-refractivity contribution in [2.24, 2.45) is 0 Å². The van der Waals surface area contributed by atoms with Crippen LogP contribution in [0.2, 0.25) is 5.02 Å². The van der Waals surface area contributed by atoms with Crippen LogP contribution in [0.5, 0.6) is 5.75 Å². The molecule has 0 aliphatic carbocycles. The van der Waals surface area contributed by atoms with E-state index in [1.54, 1.807) is 32.0 Å². The van der Waals surface area contributed by atoms with E-state index in [0.717, 1.165) is 0 Å². The average Bonchev–Trinajstić information content (AvgIpc) is 2.08. The normalized spacial score (nSPS) is 11.7. The Morgan fingerprint density at radius 2 is 2.07 bits per heavy atom. The highest BCUT2D eigenvalue weighted by Crippen LogP contribution is 2.24. The van der Waals surface area contributed by atoms with Crippen molar-refractivity contribution in [3.63, 3.8) is 0 Å². The lowest BCUT2D eigenvalue weighted by molar-refractivity contribution is 0.0794. The van der Waals surface area contributed by atoms with Gasteiger partial charge in [-0.05, 0) is 26.0 Å². The Labute approximate surface area is 94.7 Å². The van der Waals surface area contributed by atoms with Crippen LogP contribution in [0.1, 0.15) is 19.4 Å². The monoisotopic (exact) mass is 229 g/mol. The second-order valence-electron chi connectivity index (χ2n) is 4.15. The van der Waals surface area contributed by atoms with Crippen LogP contribution < -0.4 is 5.32 Å². The van der Waals surface area contributed by atoms with E-state index in [1.165, 1.54) is 0 Å². The van der Waals surface area contributed by atoms with Crippen molar-refractivity contribution in [2.75, 3.05) is 6.54 Å². The van der Waals surface area contributed by atoms with Gasteiger partial charge in [0, 0.05) is 23.7 Å². The molecule has 3 nitrogen and oxygen atoms in total. The highest BCUT2D eigenvalue weighted by atomic mass is 35.5. The zero-order valence-electron chi connectivity index (χ0n) is 8.92. The molecule has 1 rings (SSSR count). The van der Waals surface area contributed by atoms with Crippen molar-refractivity contribution in [2.45, 2.75) is 26.0 Å². The van der Waals surface area contributed by atoms with Gasteiger partial charge in [-0.3, -0.25) is 0 Å². The van der Waals surface area contributed by atoms with E-state index in [2.05, 4.69) is 5.32 Å².